The topological polar surface area (TPSA) is 44.5 Å². The van der Waals surface area contributed by atoms with Crippen LogP contribution in [0.25, 0.3) is 0 Å². The maximum absolute atomic E-state index is 6.30. The smallest absolute Gasteiger partial charge is 0.162 e. The Morgan fingerprint density at radius 2 is 1.95 bits per heavy atom. The summed E-state index contributed by atoms with van der Waals surface area (Å²) in [6.45, 7) is 1.09. The molecule has 1 atom stereocenters. The predicted octanol–water partition coefficient (Wildman–Crippen LogP) is 3.98. The van der Waals surface area contributed by atoms with E-state index >= 15 is 0 Å². The number of rotatable bonds is 2. The van der Waals surface area contributed by atoms with Crippen molar-refractivity contribution < 1.29 is 9.47 Å². The summed E-state index contributed by atoms with van der Waals surface area (Å²) in [6.07, 6.45) is 0. The highest BCUT2D eigenvalue weighted by Gasteiger charge is 2.21. The normalized spacial score (nSPS) is 15.3. The van der Waals surface area contributed by atoms with E-state index in [0.29, 0.717) is 29.7 Å². The quantitative estimate of drug-likeness (QED) is 0.881. The van der Waals surface area contributed by atoms with Gasteiger partial charge in [-0.05, 0) is 39.0 Å². The minimum Gasteiger partial charge on any atom is -0.486 e. The molecule has 0 spiro atoms. The molecule has 6 heteroatoms. The number of hydrogen-bond acceptors (Lipinski definition) is 4. The molecule has 3 rings (SSSR count). The fourth-order valence-corrected chi connectivity index (χ4v) is 3.90. The van der Waals surface area contributed by atoms with Crippen molar-refractivity contribution in [2.45, 2.75) is 6.04 Å². The van der Waals surface area contributed by atoms with Gasteiger partial charge in [-0.1, -0.05) is 11.6 Å². The van der Waals surface area contributed by atoms with Gasteiger partial charge < -0.3 is 15.2 Å². The number of nitrogens with two attached hydrogens (primary N) is 1. The van der Waals surface area contributed by atoms with Crippen molar-refractivity contribution in [1.29, 1.82) is 0 Å². The monoisotopic (exact) mass is 359 g/mol. The Bertz CT molecular complexity index is 617. The maximum Gasteiger partial charge on any atom is 0.162 e. The minimum absolute atomic E-state index is 0.280. The Hall–Kier alpha value is -0.750. The van der Waals surface area contributed by atoms with Crippen LogP contribution in [0, 0.1) is 0 Å². The molecule has 0 saturated carbocycles. The summed E-state index contributed by atoms with van der Waals surface area (Å²) in [5, 5.41) is 2.59. The molecule has 0 saturated heterocycles. The Morgan fingerprint density at radius 3 is 2.58 bits per heavy atom. The first-order valence-electron chi connectivity index (χ1n) is 5.74. The van der Waals surface area contributed by atoms with Gasteiger partial charge in [-0.25, -0.2) is 0 Å². The minimum atomic E-state index is -0.280. The molecule has 1 unspecified atom stereocenters. The Balaban J connectivity index is 2.03. The number of halogens is 2. The van der Waals surface area contributed by atoms with Crippen LogP contribution in [0.2, 0.25) is 5.02 Å². The van der Waals surface area contributed by atoms with Crippen molar-refractivity contribution in [1.82, 2.24) is 0 Å². The van der Waals surface area contributed by atoms with Crippen LogP contribution in [0.15, 0.2) is 28.1 Å². The van der Waals surface area contributed by atoms with E-state index in [9.17, 15) is 0 Å². The zero-order chi connectivity index (χ0) is 13.4. The van der Waals surface area contributed by atoms with Crippen molar-refractivity contribution in [3.05, 3.63) is 43.5 Å². The molecule has 1 aliphatic heterocycles. The second-order valence-corrected chi connectivity index (χ2v) is 6.34. The van der Waals surface area contributed by atoms with E-state index in [1.165, 1.54) is 0 Å². The van der Waals surface area contributed by atoms with Crippen LogP contribution in [0.4, 0.5) is 0 Å². The first kappa shape index (κ1) is 13.2. The molecule has 1 aromatic heterocycles. The second-order valence-electron chi connectivity index (χ2n) is 4.13. The van der Waals surface area contributed by atoms with Gasteiger partial charge in [-0.2, -0.15) is 0 Å². The summed E-state index contributed by atoms with van der Waals surface area (Å²) in [5.74, 6) is 1.38. The third kappa shape index (κ3) is 2.48. The van der Waals surface area contributed by atoms with Gasteiger partial charge in [0.25, 0.3) is 0 Å². The van der Waals surface area contributed by atoms with Gasteiger partial charge in [-0.15, -0.1) is 11.3 Å². The number of thiophene rings is 1. The van der Waals surface area contributed by atoms with E-state index < -0.39 is 0 Å². The van der Waals surface area contributed by atoms with Crippen LogP contribution in [0.1, 0.15) is 16.5 Å². The van der Waals surface area contributed by atoms with Crippen molar-refractivity contribution in [3.63, 3.8) is 0 Å². The van der Waals surface area contributed by atoms with Crippen molar-refractivity contribution in [2.24, 2.45) is 5.73 Å². The zero-order valence-corrected chi connectivity index (χ0v) is 13.0. The molecule has 2 aromatic rings. The first-order valence-corrected chi connectivity index (χ1v) is 7.79. The van der Waals surface area contributed by atoms with Gasteiger partial charge in [0.15, 0.2) is 11.5 Å². The summed E-state index contributed by atoms with van der Waals surface area (Å²) in [5.41, 5.74) is 7.14. The summed E-state index contributed by atoms with van der Waals surface area (Å²) < 4.78 is 12.1. The number of hydrogen-bond donors (Lipinski definition) is 1. The van der Waals surface area contributed by atoms with E-state index in [2.05, 4.69) is 15.9 Å². The van der Waals surface area contributed by atoms with Gasteiger partial charge in [0, 0.05) is 20.4 Å². The van der Waals surface area contributed by atoms with Gasteiger partial charge >= 0.3 is 0 Å². The Morgan fingerprint density at radius 1 is 1.26 bits per heavy atom. The molecule has 2 N–H and O–H groups in total. The zero-order valence-electron chi connectivity index (χ0n) is 9.86. The van der Waals surface area contributed by atoms with Crippen LogP contribution in [-0.2, 0) is 0 Å². The number of benzene rings is 1. The third-order valence-electron chi connectivity index (χ3n) is 2.92. The molecule has 0 aliphatic carbocycles. The predicted molar refractivity (Wildman–Crippen MR) is 80.5 cm³/mol. The van der Waals surface area contributed by atoms with E-state index in [4.69, 9.17) is 26.8 Å². The largest absolute Gasteiger partial charge is 0.486 e. The lowest BCUT2D eigenvalue weighted by atomic mass is 10.1. The molecule has 2 heterocycles. The van der Waals surface area contributed by atoms with E-state index in [1.54, 1.807) is 17.4 Å². The molecule has 0 amide bonds. The Labute approximate surface area is 128 Å². The van der Waals surface area contributed by atoms with Gasteiger partial charge in [0.2, 0.25) is 0 Å². The maximum atomic E-state index is 6.30. The second kappa shape index (κ2) is 5.32. The lowest BCUT2D eigenvalue weighted by Gasteiger charge is -2.21. The lowest BCUT2D eigenvalue weighted by Crippen LogP contribution is -2.17. The van der Waals surface area contributed by atoms with Crippen molar-refractivity contribution in [2.75, 3.05) is 13.2 Å². The highest BCUT2D eigenvalue weighted by molar-refractivity contribution is 9.10. The summed E-state index contributed by atoms with van der Waals surface area (Å²) in [7, 11) is 0. The Kier molecular flexibility index (Phi) is 3.71. The van der Waals surface area contributed by atoms with Gasteiger partial charge in [0.1, 0.15) is 13.2 Å². The van der Waals surface area contributed by atoms with E-state index in [1.807, 2.05) is 17.5 Å². The highest BCUT2D eigenvalue weighted by atomic mass is 79.9. The van der Waals surface area contributed by atoms with Gasteiger partial charge in [-0.3, -0.25) is 0 Å². The van der Waals surface area contributed by atoms with Crippen LogP contribution in [-0.4, -0.2) is 13.2 Å². The molecule has 1 aromatic carbocycles. The summed E-state index contributed by atoms with van der Waals surface area (Å²) in [4.78, 5) is 1.04. The average molecular weight is 361 g/mol. The molecule has 0 bridgehead atoms. The molecular weight excluding hydrogens is 350 g/mol. The summed E-state index contributed by atoms with van der Waals surface area (Å²) >= 11 is 11.4. The lowest BCUT2D eigenvalue weighted by molar-refractivity contribution is 0.171. The van der Waals surface area contributed by atoms with Crippen LogP contribution < -0.4 is 15.2 Å². The summed E-state index contributed by atoms with van der Waals surface area (Å²) in [6, 6.07) is 5.34. The molecule has 3 nitrogen and oxygen atoms in total. The highest BCUT2D eigenvalue weighted by Crippen LogP contribution is 2.40. The van der Waals surface area contributed by atoms with Gasteiger partial charge in [0.05, 0.1) is 6.04 Å². The average Bonchev–Trinajstić information content (AvgIpc) is 2.83. The molecule has 100 valence electrons. The third-order valence-corrected chi connectivity index (χ3v) is 5.21. The molecule has 0 radical (unpaired) electrons. The SMILES string of the molecule is NC(c1cc2c(cc1Cl)OCCO2)c1sccc1Br. The standard InChI is InChI=1S/C13H11BrClNO2S/c14-8-1-4-19-13(8)12(16)7-5-10-11(6-9(7)15)18-3-2-17-10/h1,4-6,12H,2-3,16H2. The fraction of sp³-hybridized carbons (Fsp3) is 0.231. The fourth-order valence-electron chi connectivity index (χ4n) is 1.99. The number of fused-ring (bicyclic) bond motifs is 1. The molecule has 19 heavy (non-hydrogen) atoms. The van der Waals surface area contributed by atoms with E-state index in [0.717, 1.165) is 14.9 Å². The van der Waals surface area contributed by atoms with E-state index in [-0.39, 0.29) is 6.04 Å². The van der Waals surface area contributed by atoms with Crippen molar-refractivity contribution in [3.8, 4) is 11.5 Å². The molecule has 0 fully saturated rings. The van der Waals surface area contributed by atoms with Crippen LogP contribution in [0.5, 0.6) is 11.5 Å². The van der Waals surface area contributed by atoms with Crippen molar-refractivity contribution >= 4 is 38.9 Å². The van der Waals surface area contributed by atoms with Crippen LogP contribution >= 0.6 is 38.9 Å². The molecular formula is C13H11BrClNO2S. The first-order chi connectivity index (χ1) is 9.16. The molecule has 1 aliphatic rings. The number of ether oxygens (including phenoxy) is 2. The van der Waals surface area contributed by atoms with Crippen LogP contribution in [0.3, 0.4) is 0 Å².